The topological polar surface area (TPSA) is 96.0 Å². The zero-order chi connectivity index (χ0) is 38.9. The molecule has 0 unspecified atom stereocenters. The number of carbonyl (C=O) groups excluding carboxylic acids is 4. The number of esters is 3. The third-order valence-electron chi connectivity index (χ3n) is 9.85. The quantitative estimate of drug-likeness (QED) is 0.0236. The number of aldehydes is 1. The molecule has 2 aromatic carbocycles. The minimum atomic E-state index is -1.16. The number of hydrogen-bond donors (Lipinski definition) is 0. The summed E-state index contributed by atoms with van der Waals surface area (Å²) in [5.41, 5.74) is 1.52. The van der Waals surface area contributed by atoms with Crippen molar-refractivity contribution in [3.63, 3.8) is 0 Å². The first-order chi connectivity index (χ1) is 26.5. The van der Waals surface area contributed by atoms with Gasteiger partial charge in [-0.2, -0.15) is 0 Å². The van der Waals surface area contributed by atoms with Crippen LogP contribution < -0.4 is 4.74 Å². The molecule has 0 saturated carbocycles. The van der Waals surface area contributed by atoms with Gasteiger partial charge in [0.15, 0.2) is 5.92 Å². The summed E-state index contributed by atoms with van der Waals surface area (Å²) in [6, 6.07) is 13.0. The van der Waals surface area contributed by atoms with Crippen LogP contribution in [0.4, 0.5) is 0 Å². The highest BCUT2D eigenvalue weighted by Crippen LogP contribution is 2.18. The lowest BCUT2D eigenvalue weighted by molar-refractivity contribution is -0.159. The van der Waals surface area contributed by atoms with E-state index in [4.69, 9.17) is 14.2 Å². The van der Waals surface area contributed by atoms with E-state index in [1.807, 2.05) is 0 Å². The SMILES string of the molecule is CCCCCCCCCCCCCCOC(=O)C(C=Cc1ccc(OC(=O)c2ccc(C=O)cc2)cc1)C(=O)OCCCCCCCCCCCCCC. The first kappa shape index (κ1) is 46.4. The fourth-order valence-electron chi connectivity index (χ4n) is 6.38. The molecule has 0 heterocycles. The molecule has 0 aliphatic carbocycles. The lowest BCUT2D eigenvalue weighted by Gasteiger charge is -2.13. The molecule has 0 spiro atoms. The second kappa shape index (κ2) is 31.6. The Labute approximate surface area is 327 Å². The van der Waals surface area contributed by atoms with Crippen molar-refractivity contribution in [2.45, 2.75) is 168 Å². The molecule has 0 aliphatic rings. The van der Waals surface area contributed by atoms with Gasteiger partial charge < -0.3 is 14.2 Å². The standard InChI is InChI=1S/C47H70O7/c1-3-5-7-9-11-13-15-17-19-21-23-25-37-52-46(50)44(47(51)53-38-26-24-22-20-18-16-14-12-10-8-6-4-2)36-31-40-29-34-43(35-30-40)54-45(49)42-32-27-41(39-48)28-33-42/h27-36,39,44H,3-26,37-38H2,1-2H3. The molecule has 0 N–H and O–H groups in total. The molecule has 0 aliphatic heterocycles. The van der Waals surface area contributed by atoms with E-state index in [0.717, 1.165) is 44.1 Å². The number of ether oxygens (including phenoxy) is 3. The van der Waals surface area contributed by atoms with Gasteiger partial charge >= 0.3 is 17.9 Å². The number of carbonyl (C=O) groups is 4. The van der Waals surface area contributed by atoms with Gasteiger partial charge in [0.1, 0.15) is 12.0 Å². The molecule has 2 rings (SSSR count). The van der Waals surface area contributed by atoms with Crippen LogP contribution in [0.1, 0.15) is 194 Å². The summed E-state index contributed by atoms with van der Waals surface area (Å²) in [5, 5.41) is 0. The van der Waals surface area contributed by atoms with E-state index in [2.05, 4.69) is 13.8 Å². The maximum Gasteiger partial charge on any atom is 0.343 e. The second-order valence-electron chi connectivity index (χ2n) is 14.6. The summed E-state index contributed by atoms with van der Waals surface area (Å²) >= 11 is 0. The van der Waals surface area contributed by atoms with Crippen LogP contribution in [-0.4, -0.2) is 37.4 Å². The Morgan fingerprint density at radius 3 is 1.26 bits per heavy atom. The summed E-state index contributed by atoms with van der Waals surface area (Å²) in [4.78, 5) is 49.7. The largest absolute Gasteiger partial charge is 0.465 e. The van der Waals surface area contributed by atoms with Gasteiger partial charge in [-0.15, -0.1) is 0 Å². The van der Waals surface area contributed by atoms with Gasteiger partial charge in [-0.05, 0) is 42.7 Å². The highest BCUT2D eigenvalue weighted by atomic mass is 16.6. The van der Waals surface area contributed by atoms with Crippen molar-refractivity contribution in [2.24, 2.45) is 5.92 Å². The van der Waals surface area contributed by atoms with Gasteiger partial charge in [0, 0.05) is 5.56 Å². The van der Waals surface area contributed by atoms with Crippen molar-refractivity contribution in [1.29, 1.82) is 0 Å². The van der Waals surface area contributed by atoms with Crippen LogP contribution in [0.5, 0.6) is 5.75 Å². The van der Waals surface area contributed by atoms with Crippen LogP contribution in [0.15, 0.2) is 54.6 Å². The van der Waals surface area contributed by atoms with Crippen LogP contribution in [0.25, 0.3) is 6.08 Å². The third kappa shape index (κ3) is 22.5. The molecule has 54 heavy (non-hydrogen) atoms. The van der Waals surface area contributed by atoms with Crippen molar-refractivity contribution in [2.75, 3.05) is 13.2 Å². The Morgan fingerprint density at radius 1 is 0.500 bits per heavy atom. The molecule has 0 saturated heterocycles. The normalized spacial score (nSPS) is 11.2. The van der Waals surface area contributed by atoms with Crippen molar-refractivity contribution in [1.82, 2.24) is 0 Å². The number of hydrogen-bond acceptors (Lipinski definition) is 7. The van der Waals surface area contributed by atoms with Crippen LogP contribution in [0.3, 0.4) is 0 Å². The van der Waals surface area contributed by atoms with Gasteiger partial charge in [0.05, 0.1) is 18.8 Å². The van der Waals surface area contributed by atoms with Gasteiger partial charge in [-0.3, -0.25) is 14.4 Å². The van der Waals surface area contributed by atoms with E-state index >= 15 is 0 Å². The zero-order valence-electron chi connectivity index (χ0n) is 33.7. The number of benzene rings is 2. The molecule has 7 nitrogen and oxygen atoms in total. The molecular formula is C47H70O7. The average molecular weight is 747 g/mol. The molecule has 300 valence electrons. The number of rotatable bonds is 33. The molecule has 0 bridgehead atoms. The minimum Gasteiger partial charge on any atom is -0.465 e. The summed E-state index contributed by atoms with van der Waals surface area (Å²) in [7, 11) is 0. The van der Waals surface area contributed by atoms with Crippen molar-refractivity contribution >= 4 is 30.3 Å². The van der Waals surface area contributed by atoms with Crippen molar-refractivity contribution < 1.29 is 33.4 Å². The van der Waals surface area contributed by atoms with E-state index in [0.29, 0.717) is 23.2 Å². The van der Waals surface area contributed by atoms with Crippen LogP contribution >= 0.6 is 0 Å². The van der Waals surface area contributed by atoms with Crippen LogP contribution in [0.2, 0.25) is 0 Å². The van der Waals surface area contributed by atoms with E-state index < -0.39 is 23.8 Å². The first-order valence-corrected chi connectivity index (χ1v) is 21.4. The molecule has 2 aromatic rings. The summed E-state index contributed by atoms with van der Waals surface area (Å²) in [6.45, 7) is 5.06. The monoisotopic (exact) mass is 747 g/mol. The summed E-state index contributed by atoms with van der Waals surface area (Å²) in [5.74, 6) is -2.55. The van der Waals surface area contributed by atoms with Crippen LogP contribution in [-0.2, 0) is 19.1 Å². The Kier molecular flexibility index (Phi) is 27.2. The smallest absolute Gasteiger partial charge is 0.343 e. The van der Waals surface area contributed by atoms with Gasteiger partial charge in [0.2, 0.25) is 0 Å². The van der Waals surface area contributed by atoms with E-state index in [1.165, 1.54) is 134 Å². The predicted molar refractivity (Wildman–Crippen MR) is 220 cm³/mol. The van der Waals surface area contributed by atoms with Crippen molar-refractivity contribution in [3.05, 3.63) is 71.3 Å². The van der Waals surface area contributed by atoms with Gasteiger partial charge in [-0.1, -0.05) is 192 Å². The minimum absolute atomic E-state index is 0.282. The maximum atomic E-state index is 13.1. The van der Waals surface area contributed by atoms with E-state index in [1.54, 1.807) is 42.5 Å². The first-order valence-electron chi connectivity index (χ1n) is 21.4. The fourth-order valence-corrected chi connectivity index (χ4v) is 6.38. The Hall–Kier alpha value is -3.74. The molecule has 7 heteroatoms. The molecule has 0 amide bonds. The molecule has 0 atom stereocenters. The highest BCUT2D eigenvalue weighted by Gasteiger charge is 2.27. The lowest BCUT2D eigenvalue weighted by atomic mass is 10.1. The summed E-state index contributed by atoms with van der Waals surface area (Å²) < 4.78 is 16.6. The average Bonchev–Trinajstić information content (AvgIpc) is 3.19. The Balaban J connectivity index is 1.80. The van der Waals surface area contributed by atoms with E-state index in [-0.39, 0.29) is 13.2 Å². The number of unbranched alkanes of at least 4 members (excludes halogenated alkanes) is 22. The Bertz CT molecular complexity index is 1260. The molecule has 0 radical (unpaired) electrons. The second-order valence-corrected chi connectivity index (χ2v) is 14.6. The molecular weight excluding hydrogens is 677 g/mol. The molecule has 0 aromatic heterocycles. The van der Waals surface area contributed by atoms with Crippen molar-refractivity contribution in [3.8, 4) is 5.75 Å². The predicted octanol–water partition coefficient (Wildman–Crippen LogP) is 12.8. The molecule has 0 fully saturated rings. The summed E-state index contributed by atoms with van der Waals surface area (Å²) in [6.07, 6.45) is 33.2. The van der Waals surface area contributed by atoms with Crippen LogP contribution in [0, 0.1) is 5.92 Å². The maximum absolute atomic E-state index is 13.1. The van der Waals surface area contributed by atoms with Gasteiger partial charge in [0.25, 0.3) is 0 Å². The highest BCUT2D eigenvalue weighted by molar-refractivity contribution is 5.97. The third-order valence-corrected chi connectivity index (χ3v) is 9.85. The van der Waals surface area contributed by atoms with E-state index in [9.17, 15) is 19.2 Å². The lowest BCUT2D eigenvalue weighted by Crippen LogP contribution is -2.27. The zero-order valence-corrected chi connectivity index (χ0v) is 33.7. The van der Waals surface area contributed by atoms with Gasteiger partial charge in [-0.25, -0.2) is 4.79 Å². The fraction of sp³-hybridized carbons (Fsp3) is 0.617. The Morgan fingerprint density at radius 2 is 0.870 bits per heavy atom.